The molecule has 0 unspecified atom stereocenters. The van der Waals surface area contributed by atoms with Crippen molar-refractivity contribution in [3.63, 3.8) is 0 Å². The minimum atomic E-state index is -0.585. The molecule has 0 aliphatic carbocycles. The predicted molar refractivity (Wildman–Crippen MR) is 99.5 cm³/mol. The molecule has 4 rings (SSSR count). The number of nitrogens with zero attached hydrogens (tertiary/aromatic N) is 1. The first-order chi connectivity index (χ1) is 13.5. The molecule has 0 radical (unpaired) electrons. The molecule has 0 bridgehead atoms. The zero-order chi connectivity index (χ0) is 19.7. The second kappa shape index (κ2) is 7.34. The van der Waals surface area contributed by atoms with Gasteiger partial charge in [0, 0.05) is 24.2 Å². The van der Waals surface area contributed by atoms with Gasteiger partial charge in [0.1, 0.15) is 0 Å². The average molecular weight is 381 g/mol. The molecule has 0 saturated carbocycles. The monoisotopic (exact) mass is 381 g/mol. The highest BCUT2D eigenvalue weighted by Crippen LogP contribution is 2.32. The van der Waals surface area contributed by atoms with E-state index in [0.29, 0.717) is 17.1 Å². The molecular weight excluding hydrogens is 362 g/mol. The molecule has 1 saturated heterocycles. The van der Waals surface area contributed by atoms with Crippen molar-refractivity contribution in [1.82, 2.24) is 0 Å². The predicted octanol–water partition coefficient (Wildman–Crippen LogP) is 2.50. The molecule has 2 aromatic rings. The third kappa shape index (κ3) is 3.55. The normalized spacial score (nSPS) is 17.7. The van der Waals surface area contributed by atoms with Gasteiger partial charge in [-0.3, -0.25) is 14.4 Å². The maximum absolute atomic E-state index is 12.3. The van der Waals surface area contributed by atoms with E-state index in [0.717, 1.165) is 11.3 Å². The summed E-state index contributed by atoms with van der Waals surface area (Å²) in [5.41, 5.74) is 2.22. The standard InChI is InChI=1S/C21H19NO6/c1-13-2-5-16(6-3-13)22-10-15(9-20(22)24)21(25)26-11-17(23)14-4-7-18-19(8-14)28-12-27-18/h2-8,15H,9-12H2,1H3/t15-/m0/s1. The van der Waals surface area contributed by atoms with Crippen molar-refractivity contribution in [2.45, 2.75) is 13.3 Å². The molecule has 1 atom stereocenters. The van der Waals surface area contributed by atoms with Crippen LogP contribution in [0.1, 0.15) is 22.3 Å². The van der Waals surface area contributed by atoms with Gasteiger partial charge in [0.05, 0.1) is 5.92 Å². The summed E-state index contributed by atoms with van der Waals surface area (Å²) in [6, 6.07) is 12.3. The van der Waals surface area contributed by atoms with Gasteiger partial charge in [-0.25, -0.2) is 0 Å². The van der Waals surface area contributed by atoms with Gasteiger partial charge in [0.25, 0.3) is 0 Å². The Bertz CT molecular complexity index is 936. The Hall–Kier alpha value is -3.35. The number of fused-ring (bicyclic) bond motifs is 1. The molecule has 144 valence electrons. The Labute approximate surface area is 161 Å². The van der Waals surface area contributed by atoms with E-state index < -0.39 is 11.9 Å². The van der Waals surface area contributed by atoms with Crippen molar-refractivity contribution < 1.29 is 28.6 Å². The first-order valence-corrected chi connectivity index (χ1v) is 8.98. The zero-order valence-corrected chi connectivity index (χ0v) is 15.3. The fourth-order valence-corrected chi connectivity index (χ4v) is 3.25. The van der Waals surface area contributed by atoms with Crippen LogP contribution in [0.2, 0.25) is 0 Å². The smallest absolute Gasteiger partial charge is 0.311 e. The number of amides is 1. The number of anilines is 1. The van der Waals surface area contributed by atoms with Crippen LogP contribution in [-0.2, 0) is 14.3 Å². The SMILES string of the molecule is Cc1ccc(N2C[C@@H](C(=O)OCC(=O)c3ccc4c(c3)OCO4)CC2=O)cc1. The van der Waals surface area contributed by atoms with Crippen molar-refractivity contribution in [1.29, 1.82) is 0 Å². The summed E-state index contributed by atoms with van der Waals surface area (Å²) in [6.45, 7) is 1.95. The highest BCUT2D eigenvalue weighted by atomic mass is 16.7. The number of hydrogen-bond donors (Lipinski definition) is 0. The Balaban J connectivity index is 1.34. The minimum absolute atomic E-state index is 0.0743. The number of carbonyl (C=O) groups excluding carboxylic acids is 3. The molecule has 2 aromatic carbocycles. The van der Waals surface area contributed by atoms with Crippen LogP contribution in [-0.4, -0.2) is 37.6 Å². The van der Waals surface area contributed by atoms with E-state index in [-0.39, 0.29) is 38.1 Å². The third-order valence-corrected chi connectivity index (χ3v) is 4.84. The van der Waals surface area contributed by atoms with E-state index in [1.807, 2.05) is 31.2 Å². The number of esters is 1. The average Bonchev–Trinajstić information content (AvgIpc) is 3.32. The van der Waals surface area contributed by atoms with Crippen molar-refractivity contribution >= 4 is 23.3 Å². The zero-order valence-electron chi connectivity index (χ0n) is 15.3. The van der Waals surface area contributed by atoms with Gasteiger partial charge in [-0.1, -0.05) is 17.7 Å². The summed E-state index contributed by atoms with van der Waals surface area (Å²) < 4.78 is 15.6. The summed E-state index contributed by atoms with van der Waals surface area (Å²) in [7, 11) is 0. The van der Waals surface area contributed by atoms with Crippen molar-refractivity contribution in [2.75, 3.05) is 24.8 Å². The number of carbonyl (C=O) groups is 3. The molecule has 0 N–H and O–H groups in total. The number of Topliss-reactive ketones (excluding diaryl/α,β-unsaturated/α-hetero) is 1. The second-order valence-corrected chi connectivity index (χ2v) is 6.84. The molecule has 1 amide bonds. The van der Waals surface area contributed by atoms with E-state index >= 15 is 0 Å². The molecule has 2 aliphatic heterocycles. The third-order valence-electron chi connectivity index (χ3n) is 4.84. The molecule has 0 aromatic heterocycles. The lowest BCUT2D eigenvalue weighted by molar-refractivity contribution is -0.147. The van der Waals surface area contributed by atoms with Gasteiger partial charge in [-0.2, -0.15) is 0 Å². The van der Waals surface area contributed by atoms with Gasteiger partial charge in [-0.05, 0) is 37.3 Å². The first-order valence-electron chi connectivity index (χ1n) is 8.98. The van der Waals surface area contributed by atoms with Crippen molar-refractivity contribution in [2.24, 2.45) is 5.92 Å². The number of aryl methyl sites for hydroxylation is 1. The largest absolute Gasteiger partial charge is 0.457 e. The molecule has 1 fully saturated rings. The quantitative estimate of drug-likeness (QED) is 0.585. The maximum atomic E-state index is 12.3. The van der Waals surface area contributed by atoms with E-state index in [4.69, 9.17) is 14.2 Å². The van der Waals surface area contributed by atoms with E-state index in [2.05, 4.69) is 0 Å². The van der Waals surface area contributed by atoms with E-state index in [9.17, 15) is 14.4 Å². The molecule has 2 aliphatic rings. The van der Waals surface area contributed by atoms with Crippen LogP contribution in [0.3, 0.4) is 0 Å². The second-order valence-electron chi connectivity index (χ2n) is 6.84. The number of ketones is 1. The van der Waals surface area contributed by atoms with Crippen LogP contribution < -0.4 is 14.4 Å². The molecule has 7 heteroatoms. The molecule has 28 heavy (non-hydrogen) atoms. The molecule has 7 nitrogen and oxygen atoms in total. The van der Waals surface area contributed by atoms with Gasteiger partial charge in [0.2, 0.25) is 12.7 Å². The van der Waals surface area contributed by atoms with E-state index in [1.165, 1.54) is 0 Å². The fourth-order valence-electron chi connectivity index (χ4n) is 3.25. The topological polar surface area (TPSA) is 82.1 Å². The van der Waals surface area contributed by atoms with Crippen molar-refractivity contribution in [3.05, 3.63) is 53.6 Å². The van der Waals surface area contributed by atoms with Crippen LogP contribution in [0.15, 0.2) is 42.5 Å². The Morgan fingerprint density at radius 1 is 1.11 bits per heavy atom. The fraction of sp³-hybridized carbons (Fsp3) is 0.286. The van der Waals surface area contributed by atoms with Crippen LogP contribution in [0.4, 0.5) is 5.69 Å². The number of hydrogen-bond acceptors (Lipinski definition) is 6. The van der Waals surface area contributed by atoms with Gasteiger partial charge < -0.3 is 19.1 Å². The number of benzene rings is 2. The van der Waals surface area contributed by atoms with Gasteiger partial charge in [0.15, 0.2) is 23.9 Å². The lowest BCUT2D eigenvalue weighted by Gasteiger charge is -2.16. The highest BCUT2D eigenvalue weighted by molar-refractivity contribution is 6.01. The lowest BCUT2D eigenvalue weighted by Crippen LogP contribution is -2.27. The number of rotatable bonds is 5. The van der Waals surface area contributed by atoms with Crippen LogP contribution >= 0.6 is 0 Å². The van der Waals surface area contributed by atoms with Crippen LogP contribution in [0, 0.1) is 12.8 Å². The summed E-state index contributed by atoms with van der Waals surface area (Å²) in [5.74, 6) is -0.531. The summed E-state index contributed by atoms with van der Waals surface area (Å²) in [4.78, 5) is 38.5. The summed E-state index contributed by atoms with van der Waals surface area (Å²) in [5, 5.41) is 0. The van der Waals surface area contributed by atoms with Gasteiger partial charge in [-0.15, -0.1) is 0 Å². The Morgan fingerprint density at radius 3 is 2.64 bits per heavy atom. The Morgan fingerprint density at radius 2 is 1.86 bits per heavy atom. The minimum Gasteiger partial charge on any atom is -0.457 e. The lowest BCUT2D eigenvalue weighted by atomic mass is 10.1. The Kier molecular flexibility index (Phi) is 4.73. The molecule has 0 spiro atoms. The summed E-state index contributed by atoms with van der Waals surface area (Å²) >= 11 is 0. The van der Waals surface area contributed by atoms with E-state index in [1.54, 1.807) is 23.1 Å². The first kappa shape index (κ1) is 18.0. The highest BCUT2D eigenvalue weighted by Gasteiger charge is 2.36. The van der Waals surface area contributed by atoms with Gasteiger partial charge >= 0.3 is 5.97 Å². The molecular formula is C21H19NO6. The van der Waals surface area contributed by atoms with Crippen molar-refractivity contribution in [3.8, 4) is 11.5 Å². The summed E-state index contributed by atoms with van der Waals surface area (Å²) in [6.07, 6.45) is 0.0743. The van der Waals surface area contributed by atoms with Crippen LogP contribution in [0.25, 0.3) is 0 Å². The molecule has 2 heterocycles. The number of ether oxygens (including phenoxy) is 3. The van der Waals surface area contributed by atoms with Crippen LogP contribution in [0.5, 0.6) is 11.5 Å². The maximum Gasteiger partial charge on any atom is 0.311 e.